The van der Waals surface area contributed by atoms with Gasteiger partial charge in [0.05, 0.1) is 25.9 Å². The van der Waals surface area contributed by atoms with Crippen LogP contribution in [0.15, 0.2) is 47.6 Å². The van der Waals surface area contributed by atoms with Gasteiger partial charge in [-0.2, -0.15) is 0 Å². The summed E-state index contributed by atoms with van der Waals surface area (Å²) in [4.78, 5) is 15.0. The molecule has 0 aromatic heterocycles. The lowest BCUT2D eigenvalue weighted by Gasteiger charge is -2.40. The molecule has 0 bridgehead atoms. The fourth-order valence-electron chi connectivity index (χ4n) is 2.93. The van der Waals surface area contributed by atoms with E-state index >= 15 is 0 Å². The molecule has 1 rings (SSSR count). The largest absolute Gasteiger partial charge is 0.463 e. The number of hydrogen-bond donors (Lipinski definition) is 0. The van der Waals surface area contributed by atoms with E-state index in [1.54, 1.807) is 13.0 Å². The van der Waals surface area contributed by atoms with Gasteiger partial charge in [0.15, 0.2) is 8.32 Å². The Labute approximate surface area is 174 Å². The second kappa shape index (κ2) is 11.8. The highest BCUT2D eigenvalue weighted by molar-refractivity contribution is 6.69. The first kappa shape index (κ1) is 24.9. The monoisotopic (exact) mass is 419 g/mol. The molecule has 0 aliphatic rings. The Bertz CT molecular complexity index is 712. The third kappa shape index (κ3) is 8.83. The molecule has 0 N–H and O–H groups in total. The van der Waals surface area contributed by atoms with Gasteiger partial charge in [0.25, 0.3) is 0 Å². The molecule has 0 fully saturated rings. The summed E-state index contributed by atoms with van der Waals surface area (Å²) in [7, 11) is -1.99. The Balaban J connectivity index is 3.24. The number of rotatable bonds is 12. The van der Waals surface area contributed by atoms with Gasteiger partial charge in [-0.3, -0.25) is 0 Å². The molecule has 1 aromatic carbocycles. The van der Waals surface area contributed by atoms with Crippen LogP contribution in [-0.4, -0.2) is 39.1 Å². The van der Waals surface area contributed by atoms with Gasteiger partial charge in [-0.05, 0) is 43.6 Å². The molecule has 0 aliphatic carbocycles. The molecule has 0 aliphatic heterocycles. The highest BCUT2D eigenvalue weighted by Crippen LogP contribution is 2.31. The van der Waals surface area contributed by atoms with Crippen molar-refractivity contribution in [3.8, 4) is 0 Å². The van der Waals surface area contributed by atoms with E-state index in [1.165, 1.54) is 6.08 Å². The smallest absolute Gasteiger partial charge is 0.330 e. The molecule has 29 heavy (non-hydrogen) atoms. The van der Waals surface area contributed by atoms with Crippen molar-refractivity contribution >= 4 is 14.3 Å². The third-order valence-corrected chi connectivity index (χ3v) is 5.01. The molecule has 0 radical (unpaired) electrons. The molecule has 0 spiro atoms. The fourth-order valence-corrected chi connectivity index (χ4v) is 4.17. The molecule has 0 heterocycles. The maximum absolute atomic E-state index is 12.0. The first-order valence-electron chi connectivity index (χ1n) is 9.85. The summed E-state index contributed by atoms with van der Waals surface area (Å²) < 4.78 is 17.3. The number of benzene rings is 1. The Kier molecular flexibility index (Phi) is 10.1. The number of carbonyl (C=O) groups excluding carboxylic acids is 1. The van der Waals surface area contributed by atoms with Gasteiger partial charge in [0, 0.05) is 11.0 Å². The second-order valence-electron chi connectivity index (χ2n) is 8.14. The molecule has 7 nitrogen and oxygen atoms in total. The van der Waals surface area contributed by atoms with Crippen LogP contribution < -0.4 is 0 Å². The SMILES string of the molecule is CCOC(=O)/C=C/[C@](COCc1ccccc1)(N=[N+]=[N-])[C@@H](O[Si](C)(C)C)C(C)C. The first-order valence-corrected chi connectivity index (χ1v) is 13.3. The Morgan fingerprint density at radius 2 is 1.93 bits per heavy atom. The summed E-state index contributed by atoms with van der Waals surface area (Å²) in [5.41, 5.74) is 9.15. The highest BCUT2D eigenvalue weighted by Gasteiger charge is 2.42. The summed E-state index contributed by atoms with van der Waals surface area (Å²) >= 11 is 0. The average Bonchev–Trinajstić information content (AvgIpc) is 2.64. The molecule has 2 atom stereocenters. The number of azide groups is 1. The number of carbonyl (C=O) groups is 1. The highest BCUT2D eigenvalue weighted by atomic mass is 28.4. The van der Waals surface area contributed by atoms with E-state index in [-0.39, 0.29) is 19.1 Å². The van der Waals surface area contributed by atoms with E-state index in [9.17, 15) is 10.3 Å². The summed E-state index contributed by atoms with van der Waals surface area (Å²) in [6.45, 7) is 12.7. The Morgan fingerprint density at radius 1 is 1.28 bits per heavy atom. The van der Waals surface area contributed by atoms with Crippen molar-refractivity contribution < 1.29 is 18.7 Å². The number of hydrogen-bond acceptors (Lipinski definition) is 5. The zero-order chi connectivity index (χ0) is 21.9. The fraction of sp³-hybridized carbons (Fsp3) is 0.571. The van der Waals surface area contributed by atoms with Crippen LogP contribution in [0.4, 0.5) is 0 Å². The molecule has 0 saturated carbocycles. The lowest BCUT2D eigenvalue weighted by molar-refractivity contribution is -0.137. The van der Waals surface area contributed by atoms with Gasteiger partial charge >= 0.3 is 5.97 Å². The predicted octanol–water partition coefficient (Wildman–Crippen LogP) is 5.25. The van der Waals surface area contributed by atoms with Crippen molar-refractivity contribution in [2.75, 3.05) is 13.2 Å². The van der Waals surface area contributed by atoms with E-state index in [2.05, 4.69) is 29.7 Å². The molecule has 0 unspecified atom stereocenters. The molecule has 1 aromatic rings. The van der Waals surface area contributed by atoms with Gasteiger partial charge in [-0.1, -0.05) is 55.4 Å². The number of esters is 1. The minimum atomic E-state index is -1.99. The quantitative estimate of drug-likeness (QED) is 0.115. The van der Waals surface area contributed by atoms with Crippen LogP contribution >= 0.6 is 0 Å². The van der Waals surface area contributed by atoms with E-state index in [0.717, 1.165) is 5.56 Å². The van der Waals surface area contributed by atoms with Gasteiger partial charge in [-0.25, -0.2) is 4.79 Å². The summed E-state index contributed by atoms with van der Waals surface area (Å²) in [6, 6.07) is 9.73. The average molecular weight is 420 g/mol. The molecule has 8 heteroatoms. The normalized spacial score (nSPS) is 15.0. The number of ether oxygens (including phenoxy) is 2. The molecule has 160 valence electrons. The van der Waals surface area contributed by atoms with Crippen molar-refractivity contribution in [3.05, 3.63) is 58.5 Å². The Morgan fingerprint density at radius 3 is 2.45 bits per heavy atom. The number of nitrogens with zero attached hydrogens (tertiary/aromatic N) is 3. The molecular formula is C21H33N3O4Si. The van der Waals surface area contributed by atoms with Crippen LogP contribution in [0.1, 0.15) is 26.3 Å². The van der Waals surface area contributed by atoms with Gasteiger partial charge in [0.2, 0.25) is 0 Å². The summed E-state index contributed by atoms with van der Waals surface area (Å²) in [5.74, 6) is -0.469. The first-order chi connectivity index (χ1) is 13.6. The van der Waals surface area contributed by atoms with E-state index in [1.807, 2.05) is 44.2 Å². The topological polar surface area (TPSA) is 93.5 Å². The lowest BCUT2D eigenvalue weighted by atomic mass is 9.86. The van der Waals surface area contributed by atoms with Crippen LogP contribution in [0.3, 0.4) is 0 Å². The maximum Gasteiger partial charge on any atom is 0.330 e. The van der Waals surface area contributed by atoms with Crippen molar-refractivity contribution in [1.29, 1.82) is 0 Å². The molecule has 0 amide bonds. The standard InChI is InChI=1S/C21H33N3O4Si/c1-7-27-19(25)13-14-21(23-24-22,20(17(2)3)28-29(4,5)6)16-26-15-18-11-9-8-10-12-18/h8-14,17,20H,7,15-16H2,1-6H3/b14-13+/t20-,21+/m0/s1. The van der Waals surface area contributed by atoms with Crippen molar-refractivity contribution in [1.82, 2.24) is 0 Å². The van der Waals surface area contributed by atoms with Crippen molar-refractivity contribution in [3.63, 3.8) is 0 Å². The second-order valence-corrected chi connectivity index (χ2v) is 12.6. The van der Waals surface area contributed by atoms with Crippen LogP contribution in [0, 0.1) is 5.92 Å². The lowest BCUT2D eigenvalue weighted by Crippen LogP contribution is -2.51. The van der Waals surface area contributed by atoms with Crippen LogP contribution in [0.5, 0.6) is 0 Å². The molecular weight excluding hydrogens is 386 g/mol. The van der Waals surface area contributed by atoms with Crippen molar-refractivity contribution in [2.24, 2.45) is 11.0 Å². The summed E-state index contributed by atoms with van der Waals surface area (Å²) in [5, 5.41) is 4.08. The minimum absolute atomic E-state index is 0.0272. The molecule has 0 saturated heterocycles. The minimum Gasteiger partial charge on any atom is -0.463 e. The van der Waals surface area contributed by atoms with Crippen molar-refractivity contribution in [2.45, 2.75) is 58.7 Å². The van der Waals surface area contributed by atoms with E-state index in [4.69, 9.17) is 13.9 Å². The van der Waals surface area contributed by atoms with Gasteiger partial charge < -0.3 is 13.9 Å². The predicted molar refractivity (Wildman–Crippen MR) is 117 cm³/mol. The van der Waals surface area contributed by atoms with Crippen LogP contribution in [0.2, 0.25) is 19.6 Å². The van der Waals surface area contributed by atoms with Crippen LogP contribution in [-0.2, 0) is 25.3 Å². The Hall–Kier alpha value is -2.12. The van der Waals surface area contributed by atoms with E-state index in [0.29, 0.717) is 6.61 Å². The third-order valence-electron chi connectivity index (χ3n) is 4.05. The van der Waals surface area contributed by atoms with Gasteiger partial charge in [-0.15, -0.1) is 0 Å². The van der Waals surface area contributed by atoms with Crippen LogP contribution in [0.25, 0.3) is 10.4 Å². The zero-order valence-electron chi connectivity index (χ0n) is 18.3. The zero-order valence-corrected chi connectivity index (χ0v) is 19.3. The van der Waals surface area contributed by atoms with E-state index < -0.39 is 25.9 Å². The summed E-state index contributed by atoms with van der Waals surface area (Å²) in [6.07, 6.45) is 2.42. The maximum atomic E-state index is 12.0. The van der Waals surface area contributed by atoms with Gasteiger partial charge in [0.1, 0.15) is 5.54 Å².